The van der Waals surface area contributed by atoms with E-state index in [1.807, 2.05) is 36.4 Å². The van der Waals surface area contributed by atoms with E-state index in [-0.39, 0.29) is 6.42 Å². The fraction of sp³-hybridized carbons (Fsp3) is 0.0714. The predicted molar refractivity (Wildman–Crippen MR) is 65.6 cm³/mol. The zero-order valence-electron chi connectivity index (χ0n) is 9.02. The number of carboxylic acids is 1. The van der Waals surface area contributed by atoms with Crippen LogP contribution < -0.4 is 5.11 Å². The molecular formula is C14H10ClO2-. The lowest BCUT2D eigenvalue weighted by molar-refractivity contribution is -0.304. The molecule has 2 aromatic rings. The summed E-state index contributed by atoms with van der Waals surface area (Å²) in [4.78, 5) is 10.7. The smallest absolute Gasteiger partial charge is 0.0458 e. The Kier molecular flexibility index (Phi) is 3.45. The first-order valence-electron chi connectivity index (χ1n) is 5.20. The van der Waals surface area contributed by atoms with Gasteiger partial charge in [0.25, 0.3) is 0 Å². The molecule has 3 heteroatoms. The van der Waals surface area contributed by atoms with Gasteiger partial charge in [0.2, 0.25) is 0 Å². The van der Waals surface area contributed by atoms with Crippen molar-refractivity contribution in [3.63, 3.8) is 0 Å². The molecule has 0 spiro atoms. The van der Waals surface area contributed by atoms with Gasteiger partial charge in [-0.1, -0.05) is 48.0 Å². The third-order valence-electron chi connectivity index (χ3n) is 2.49. The molecule has 0 aliphatic rings. The summed E-state index contributed by atoms with van der Waals surface area (Å²) in [5.74, 6) is -1.08. The monoisotopic (exact) mass is 245 g/mol. The van der Waals surface area contributed by atoms with Crippen molar-refractivity contribution in [2.24, 2.45) is 0 Å². The Hall–Kier alpha value is -1.80. The van der Waals surface area contributed by atoms with E-state index in [9.17, 15) is 9.90 Å². The summed E-state index contributed by atoms with van der Waals surface area (Å²) in [6.07, 6.45) is -0.0946. The third-order valence-corrected chi connectivity index (χ3v) is 2.72. The fourth-order valence-corrected chi connectivity index (χ4v) is 1.96. The standard InChI is InChI=1S/C14H11ClO2/c15-12-6-3-5-10(8-12)13-7-2-1-4-11(13)9-14(16)17/h1-8H,9H2,(H,16,17)/p-1. The molecule has 0 saturated heterocycles. The number of aliphatic carboxylic acids is 1. The highest BCUT2D eigenvalue weighted by atomic mass is 35.5. The Morgan fingerprint density at radius 2 is 1.88 bits per heavy atom. The van der Waals surface area contributed by atoms with E-state index in [0.29, 0.717) is 5.02 Å². The Morgan fingerprint density at radius 3 is 2.59 bits per heavy atom. The van der Waals surface area contributed by atoms with Gasteiger partial charge in [-0.15, -0.1) is 0 Å². The molecule has 0 aliphatic carbocycles. The summed E-state index contributed by atoms with van der Waals surface area (Å²) in [6.45, 7) is 0. The van der Waals surface area contributed by atoms with Gasteiger partial charge in [-0.25, -0.2) is 0 Å². The number of hydrogen-bond acceptors (Lipinski definition) is 2. The molecule has 2 aromatic carbocycles. The van der Waals surface area contributed by atoms with E-state index in [1.54, 1.807) is 12.1 Å². The number of halogens is 1. The molecule has 0 radical (unpaired) electrons. The van der Waals surface area contributed by atoms with Crippen molar-refractivity contribution in [2.45, 2.75) is 6.42 Å². The molecule has 0 atom stereocenters. The normalized spacial score (nSPS) is 10.2. The Morgan fingerprint density at radius 1 is 1.12 bits per heavy atom. The summed E-state index contributed by atoms with van der Waals surface area (Å²) in [7, 11) is 0. The molecule has 17 heavy (non-hydrogen) atoms. The summed E-state index contributed by atoms with van der Waals surface area (Å²) in [5, 5.41) is 11.3. The molecule has 0 heterocycles. The molecule has 0 aromatic heterocycles. The maximum Gasteiger partial charge on any atom is 0.0458 e. The maximum absolute atomic E-state index is 10.7. The molecular weight excluding hydrogens is 236 g/mol. The van der Waals surface area contributed by atoms with Crippen molar-refractivity contribution in [3.05, 3.63) is 59.1 Å². The summed E-state index contributed by atoms with van der Waals surface area (Å²) >= 11 is 5.92. The molecule has 0 aliphatic heterocycles. The van der Waals surface area contributed by atoms with Crippen molar-refractivity contribution >= 4 is 17.6 Å². The van der Waals surface area contributed by atoms with Crippen LogP contribution in [0.3, 0.4) is 0 Å². The number of benzene rings is 2. The topological polar surface area (TPSA) is 40.1 Å². The van der Waals surface area contributed by atoms with Crippen LogP contribution in [0.4, 0.5) is 0 Å². The highest BCUT2D eigenvalue weighted by Gasteiger charge is 2.04. The van der Waals surface area contributed by atoms with Crippen LogP contribution in [0.5, 0.6) is 0 Å². The van der Waals surface area contributed by atoms with Gasteiger partial charge in [0, 0.05) is 17.4 Å². The second-order valence-electron chi connectivity index (χ2n) is 3.72. The first-order valence-corrected chi connectivity index (χ1v) is 5.58. The van der Waals surface area contributed by atoms with Gasteiger partial charge in [0.1, 0.15) is 0 Å². The molecule has 0 amide bonds. The number of carboxylic acid groups (broad SMARTS) is 1. The number of carbonyl (C=O) groups excluding carboxylic acids is 1. The average molecular weight is 246 g/mol. The highest BCUT2D eigenvalue weighted by Crippen LogP contribution is 2.26. The van der Waals surface area contributed by atoms with E-state index in [1.165, 1.54) is 0 Å². The fourth-order valence-electron chi connectivity index (χ4n) is 1.77. The minimum absolute atomic E-state index is 0.0946. The van der Waals surface area contributed by atoms with Gasteiger partial charge in [-0.05, 0) is 28.8 Å². The van der Waals surface area contributed by atoms with Crippen molar-refractivity contribution in [1.82, 2.24) is 0 Å². The van der Waals surface area contributed by atoms with Crippen LogP contribution in [0.15, 0.2) is 48.5 Å². The van der Waals surface area contributed by atoms with Crippen molar-refractivity contribution in [1.29, 1.82) is 0 Å². The first kappa shape index (κ1) is 11.7. The van der Waals surface area contributed by atoms with Crippen LogP contribution in [-0.4, -0.2) is 5.97 Å². The second kappa shape index (κ2) is 5.02. The molecule has 2 rings (SSSR count). The molecule has 86 valence electrons. The number of rotatable bonds is 3. The third kappa shape index (κ3) is 2.86. The van der Waals surface area contributed by atoms with Gasteiger partial charge < -0.3 is 9.90 Å². The lowest BCUT2D eigenvalue weighted by Gasteiger charge is -2.10. The van der Waals surface area contributed by atoms with Crippen LogP contribution in [0.1, 0.15) is 5.56 Å². The lowest BCUT2D eigenvalue weighted by atomic mass is 9.98. The van der Waals surface area contributed by atoms with Crippen LogP contribution in [-0.2, 0) is 11.2 Å². The van der Waals surface area contributed by atoms with E-state index >= 15 is 0 Å². The van der Waals surface area contributed by atoms with Gasteiger partial charge >= 0.3 is 0 Å². The second-order valence-corrected chi connectivity index (χ2v) is 4.15. The molecule has 0 saturated carbocycles. The van der Waals surface area contributed by atoms with Gasteiger partial charge in [0.05, 0.1) is 0 Å². The molecule has 0 unspecified atom stereocenters. The van der Waals surface area contributed by atoms with Gasteiger partial charge in [-0.2, -0.15) is 0 Å². The Labute approximate surface area is 104 Å². The largest absolute Gasteiger partial charge is 0.550 e. The van der Waals surface area contributed by atoms with Crippen molar-refractivity contribution < 1.29 is 9.90 Å². The van der Waals surface area contributed by atoms with Crippen molar-refractivity contribution in [2.75, 3.05) is 0 Å². The Balaban J connectivity index is 2.47. The number of carbonyl (C=O) groups is 1. The van der Waals surface area contributed by atoms with Crippen LogP contribution in [0.2, 0.25) is 5.02 Å². The van der Waals surface area contributed by atoms with E-state index in [2.05, 4.69) is 0 Å². The van der Waals surface area contributed by atoms with Crippen LogP contribution in [0.25, 0.3) is 11.1 Å². The van der Waals surface area contributed by atoms with E-state index in [4.69, 9.17) is 11.6 Å². The quantitative estimate of drug-likeness (QED) is 0.833. The maximum atomic E-state index is 10.7. The van der Waals surface area contributed by atoms with Gasteiger partial charge in [0.15, 0.2) is 0 Å². The molecule has 0 fully saturated rings. The van der Waals surface area contributed by atoms with E-state index < -0.39 is 5.97 Å². The summed E-state index contributed by atoms with van der Waals surface area (Å²) < 4.78 is 0. The van der Waals surface area contributed by atoms with Crippen LogP contribution in [0, 0.1) is 0 Å². The lowest BCUT2D eigenvalue weighted by Crippen LogP contribution is -2.24. The average Bonchev–Trinajstić information content (AvgIpc) is 2.29. The molecule has 2 nitrogen and oxygen atoms in total. The highest BCUT2D eigenvalue weighted by molar-refractivity contribution is 6.30. The SMILES string of the molecule is O=C([O-])Cc1ccccc1-c1cccc(Cl)c1. The number of hydrogen-bond donors (Lipinski definition) is 0. The molecule has 0 N–H and O–H groups in total. The zero-order chi connectivity index (χ0) is 12.3. The minimum atomic E-state index is -1.08. The summed E-state index contributed by atoms with van der Waals surface area (Å²) in [6, 6.07) is 14.7. The van der Waals surface area contributed by atoms with Gasteiger partial charge in [-0.3, -0.25) is 0 Å². The predicted octanol–water partition coefficient (Wildman–Crippen LogP) is 2.30. The van der Waals surface area contributed by atoms with Crippen molar-refractivity contribution in [3.8, 4) is 11.1 Å². The first-order chi connectivity index (χ1) is 8.16. The Bertz CT molecular complexity index is 549. The van der Waals surface area contributed by atoms with Crippen LogP contribution >= 0.6 is 11.6 Å². The minimum Gasteiger partial charge on any atom is -0.550 e. The zero-order valence-corrected chi connectivity index (χ0v) is 9.78. The molecule has 0 bridgehead atoms. The summed E-state index contributed by atoms with van der Waals surface area (Å²) in [5.41, 5.74) is 2.52. The van der Waals surface area contributed by atoms with E-state index in [0.717, 1.165) is 16.7 Å².